The number of nitrogens with zero attached hydrogens (tertiary/aromatic N) is 1. The zero-order valence-electron chi connectivity index (χ0n) is 11.5. The molecule has 0 saturated heterocycles. The smallest absolute Gasteiger partial charge is 0.192 e. The minimum absolute atomic E-state index is 0.685. The Kier molecular flexibility index (Phi) is 3.29. The summed E-state index contributed by atoms with van der Waals surface area (Å²) in [6, 6.07) is 13.9. The van der Waals surface area contributed by atoms with Gasteiger partial charge in [0, 0.05) is 19.2 Å². The topological polar surface area (TPSA) is 47.3 Å². The summed E-state index contributed by atoms with van der Waals surface area (Å²) >= 11 is 0. The van der Waals surface area contributed by atoms with Crippen molar-refractivity contribution in [1.82, 2.24) is 4.98 Å². The quantitative estimate of drug-likeness (QED) is 0.782. The van der Waals surface area contributed by atoms with Crippen molar-refractivity contribution in [3.63, 3.8) is 0 Å². The summed E-state index contributed by atoms with van der Waals surface area (Å²) in [5.74, 6) is 1.55. The van der Waals surface area contributed by atoms with Gasteiger partial charge in [0.25, 0.3) is 0 Å². The van der Waals surface area contributed by atoms with Crippen LogP contribution in [0.1, 0.15) is 11.5 Å². The van der Waals surface area contributed by atoms with Crippen molar-refractivity contribution in [1.29, 1.82) is 0 Å². The summed E-state index contributed by atoms with van der Waals surface area (Å²) < 4.78 is 10.7. The van der Waals surface area contributed by atoms with Crippen LogP contribution in [0.2, 0.25) is 0 Å². The fourth-order valence-corrected chi connectivity index (χ4v) is 2.14. The van der Waals surface area contributed by atoms with E-state index < -0.39 is 0 Å². The summed E-state index contributed by atoms with van der Waals surface area (Å²) in [7, 11) is 1.67. The highest BCUT2D eigenvalue weighted by molar-refractivity contribution is 5.77. The number of nitrogens with one attached hydrogen (secondary N) is 1. The Hall–Kier alpha value is -2.49. The first-order valence-electron chi connectivity index (χ1n) is 6.48. The summed E-state index contributed by atoms with van der Waals surface area (Å²) in [6.07, 6.45) is 0. The van der Waals surface area contributed by atoms with Crippen LogP contribution in [0.4, 0.5) is 5.69 Å². The minimum Gasteiger partial charge on any atom is -0.497 e. The van der Waals surface area contributed by atoms with Crippen molar-refractivity contribution >= 4 is 16.8 Å². The fourth-order valence-electron chi connectivity index (χ4n) is 2.14. The summed E-state index contributed by atoms with van der Waals surface area (Å²) in [5.41, 5.74) is 3.88. The van der Waals surface area contributed by atoms with E-state index in [1.165, 1.54) is 5.56 Å². The second-order valence-corrected chi connectivity index (χ2v) is 4.62. The maximum absolute atomic E-state index is 5.46. The normalized spacial score (nSPS) is 10.7. The summed E-state index contributed by atoms with van der Waals surface area (Å²) in [6.45, 7) is 2.59. The predicted molar refractivity (Wildman–Crippen MR) is 79.1 cm³/mol. The zero-order chi connectivity index (χ0) is 13.9. The first kappa shape index (κ1) is 12.5. The van der Waals surface area contributed by atoms with Crippen molar-refractivity contribution in [3.8, 4) is 5.75 Å². The second-order valence-electron chi connectivity index (χ2n) is 4.62. The number of fused-ring (bicyclic) bond motifs is 1. The van der Waals surface area contributed by atoms with E-state index in [2.05, 4.69) is 16.4 Å². The Balaban J connectivity index is 1.75. The molecule has 4 nitrogen and oxygen atoms in total. The van der Waals surface area contributed by atoms with E-state index in [-0.39, 0.29) is 0 Å². The average molecular weight is 268 g/mol. The highest BCUT2D eigenvalue weighted by atomic mass is 16.5. The van der Waals surface area contributed by atoms with Gasteiger partial charge in [0.15, 0.2) is 11.5 Å². The van der Waals surface area contributed by atoms with Crippen LogP contribution in [0.3, 0.4) is 0 Å². The Bertz CT molecular complexity index is 734. The van der Waals surface area contributed by atoms with Gasteiger partial charge in [-0.25, -0.2) is 4.98 Å². The third-order valence-corrected chi connectivity index (χ3v) is 3.13. The van der Waals surface area contributed by atoms with Crippen LogP contribution in [-0.4, -0.2) is 12.1 Å². The van der Waals surface area contributed by atoms with E-state index in [1.807, 2.05) is 43.3 Å². The van der Waals surface area contributed by atoms with Crippen LogP contribution in [-0.2, 0) is 6.54 Å². The number of aryl methyl sites for hydroxylation is 1. The van der Waals surface area contributed by atoms with E-state index >= 15 is 0 Å². The average Bonchev–Trinajstić information content (AvgIpc) is 2.84. The van der Waals surface area contributed by atoms with Crippen molar-refractivity contribution in [2.45, 2.75) is 13.5 Å². The summed E-state index contributed by atoms with van der Waals surface area (Å²) in [4.78, 5) is 4.33. The first-order chi connectivity index (χ1) is 9.74. The van der Waals surface area contributed by atoms with Gasteiger partial charge in [0.1, 0.15) is 11.3 Å². The van der Waals surface area contributed by atoms with Crippen LogP contribution in [0.5, 0.6) is 5.75 Å². The van der Waals surface area contributed by atoms with Crippen molar-refractivity contribution in [2.24, 2.45) is 0 Å². The number of benzene rings is 2. The highest BCUT2D eigenvalue weighted by Crippen LogP contribution is 2.20. The molecule has 0 aliphatic heterocycles. The number of methoxy groups -OCH3 is 1. The number of hydrogen-bond acceptors (Lipinski definition) is 4. The molecule has 0 spiro atoms. The number of ether oxygens (including phenoxy) is 1. The molecular formula is C16H16N2O2. The maximum Gasteiger partial charge on any atom is 0.192 e. The summed E-state index contributed by atoms with van der Waals surface area (Å²) in [5, 5.41) is 3.38. The number of aromatic nitrogens is 1. The van der Waals surface area contributed by atoms with E-state index in [0.29, 0.717) is 5.89 Å². The van der Waals surface area contributed by atoms with Crippen LogP contribution in [0, 0.1) is 6.92 Å². The molecular weight excluding hydrogens is 252 g/mol. The van der Waals surface area contributed by atoms with Gasteiger partial charge in [-0.2, -0.15) is 0 Å². The SMILES string of the molecule is COc1cccc(CNc2ccc3oc(C)nc3c2)c1. The molecule has 0 atom stereocenters. The van der Waals surface area contributed by atoms with E-state index in [0.717, 1.165) is 29.1 Å². The Labute approximate surface area is 117 Å². The van der Waals surface area contributed by atoms with Gasteiger partial charge < -0.3 is 14.5 Å². The van der Waals surface area contributed by atoms with Gasteiger partial charge in [0.05, 0.1) is 7.11 Å². The molecule has 1 heterocycles. The van der Waals surface area contributed by atoms with Gasteiger partial charge in [0.2, 0.25) is 0 Å². The van der Waals surface area contributed by atoms with Crippen LogP contribution in [0.25, 0.3) is 11.1 Å². The van der Waals surface area contributed by atoms with Gasteiger partial charge in [-0.15, -0.1) is 0 Å². The molecule has 2 aromatic carbocycles. The third-order valence-electron chi connectivity index (χ3n) is 3.13. The number of rotatable bonds is 4. The minimum atomic E-state index is 0.685. The van der Waals surface area contributed by atoms with Gasteiger partial charge in [-0.3, -0.25) is 0 Å². The van der Waals surface area contributed by atoms with Gasteiger partial charge >= 0.3 is 0 Å². The monoisotopic (exact) mass is 268 g/mol. The predicted octanol–water partition coefficient (Wildman–Crippen LogP) is 3.76. The van der Waals surface area contributed by atoms with Crippen LogP contribution < -0.4 is 10.1 Å². The molecule has 0 fully saturated rings. The van der Waals surface area contributed by atoms with Crippen LogP contribution >= 0.6 is 0 Å². The molecule has 0 aliphatic rings. The maximum atomic E-state index is 5.46. The molecule has 0 aliphatic carbocycles. The van der Waals surface area contributed by atoms with E-state index in [4.69, 9.17) is 9.15 Å². The van der Waals surface area contributed by atoms with Crippen molar-refractivity contribution in [3.05, 3.63) is 53.9 Å². The standard InChI is InChI=1S/C16H16N2O2/c1-11-18-15-9-13(6-7-16(15)20-11)17-10-12-4-3-5-14(8-12)19-2/h3-9,17H,10H2,1-2H3. The molecule has 0 radical (unpaired) electrons. The fraction of sp³-hybridized carbons (Fsp3) is 0.188. The lowest BCUT2D eigenvalue weighted by molar-refractivity contribution is 0.414. The molecule has 0 saturated carbocycles. The lowest BCUT2D eigenvalue weighted by atomic mass is 10.2. The molecule has 3 rings (SSSR count). The lowest BCUT2D eigenvalue weighted by Gasteiger charge is -2.07. The van der Waals surface area contributed by atoms with Crippen molar-refractivity contribution < 1.29 is 9.15 Å². The Morgan fingerprint density at radius 2 is 2.10 bits per heavy atom. The molecule has 102 valence electrons. The Morgan fingerprint density at radius 3 is 2.95 bits per heavy atom. The molecule has 1 aromatic heterocycles. The number of hydrogen-bond donors (Lipinski definition) is 1. The molecule has 0 unspecified atom stereocenters. The van der Waals surface area contributed by atoms with Crippen molar-refractivity contribution in [2.75, 3.05) is 12.4 Å². The van der Waals surface area contributed by atoms with Gasteiger partial charge in [-0.05, 0) is 35.9 Å². The van der Waals surface area contributed by atoms with E-state index in [1.54, 1.807) is 7.11 Å². The van der Waals surface area contributed by atoms with Gasteiger partial charge in [-0.1, -0.05) is 12.1 Å². The number of oxazole rings is 1. The van der Waals surface area contributed by atoms with E-state index in [9.17, 15) is 0 Å². The largest absolute Gasteiger partial charge is 0.497 e. The molecule has 0 amide bonds. The first-order valence-corrected chi connectivity index (χ1v) is 6.48. The molecule has 4 heteroatoms. The molecule has 1 N–H and O–H groups in total. The molecule has 0 bridgehead atoms. The highest BCUT2D eigenvalue weighted by Gasteiger charge is 2.03. The second kappa shape index (κ2) is 5.25. The lowest BCUT2D eigenvalue weighted by Crippen LogP contribution is -1.99. The Morgan fingerprint density at radius 1 is 1.20 bits per heavy atom. The molecule has 20 heavy (non-hydrogen) atoms. The van der Waals surface area contributed by atoms with Crippen LogP contribution in [0.15, 0.2) is 46.9 Å². The number of anilines is 1. The molecule has 3 aromatic rings. The zero-order valence-corrected chi connectivity index (χ0v) is 11.5. The third kappa shape index (κ3) is 2.59.